The molecule has 8 nitrogen and oxygen atoms in total. The summed E-state index contributed by atoms with van der Waals surface area (Å²) >= 11 is 6.18. The number of rotatable bonds is 6. The minimum Gasteiger partial charge on any atom is -0.333 e. The molecule has 1 atom stereocenters. The van der Waals surface area contributed by atoms with Crippen molar-refractivity contribution in [3.8, 4) is 11.4 Å². The van der Waals surface area contributed by atoms with E-state index in [0.717, 1.165) is 5.56 Å². The van der Waals surface area contributed by atoms with Crippen LogP contribution in [0.15, 0.2) is 54.6 Å². The van der Waals surface area contributed by atoms with E-state index in [9.17, 15) is 13.2 Å². The Balaban J connectivity index is 1.54. The highest BCUT2D eigenvalue weighted by atomic mass is 35.5. The SMILES string of the molecule is O=C(Cn1nnc(-c2ccccc2Cl)n1)N(Cc1ccccc1)C1CCS(=O)(=O)C1. The Kier molecular flexibility index (Phi) is 5.83. The maximum Gasteiger partial charge on any atom is 0.246 e. The van der Waals surface area contributed by atoms with Gasteiger partial charge in [-0.05, 0) is 29.3 Å². The van der Waals surface area contributed by atoms with Crippen LogP contribution in [0.2, 0.25) is 5.02 Å². The second kappa shape index (κ2) is 8.53. The van der Waals surface area contributed by atoms with E-state index in [1.54, 1.807) is 23.1 Å². The van der Waals surface area contributed by atoms with E-state index in [4.69, 9.17) is 11.6 Å². The Hall–Kier alpha value is -2.78. The molecule has 4 rings (SSSR count). The van der Waals surface area contributed by atoms with Gasteiger partial charge in [0, 0.05) is 18.2 Å². The lowest BCUT2D eigenvalue weighted by molar-refractivity contribution is -0.134. The monoisotopic (exact) mass is 445 g/mol. The number of nitrogens with zero attached hydrogens (tertiary/aromatic N) is 5. The van der Waals surface area contributed by atoms with Gasteiger partial charge in [-0.1, -0.05) is 54.1 Å². The van der Waals surface area contributed by atoms with E-state index >= 15 is 0 Å². The number of hydrogen-bond donors (Lipinski definition) is 0. The third-order valence-electron chi connectivity index (χ3n) is 5.01. The van der Waals surface area contributed by atoms with E-state index < -0.39 is 9.84 Å². The normalized spacial score (nSPS) is 17.7. The molecule has 0 N–H and O–H groups in total. The summed E-state index contributed by atoms with van der Waals surface area (Å²) in [7, 11) is -3.13. The molecule has 156 valence electrons. The molecule has 1 saturated heterocycles. The molecule has 1 fully saturated rings. The average molecular weight is 446 g/mol. The van der Waals surface area contributed by atoms with Crippen LogP contribution in [0.1, 0.15) is 12.0 Å². The van der Waals surface area contributed by atoms with Gasteiger partial charge in [0.25, 0.3) is 0 Å². The van der Waals surface area contributed by atoms with Crippen LogP contribution >= 0.6 is 11.6 Å². The molecule has 10 heteroatoms. The first-order chi connectivity index (χ1) is 14.4. The summed E-state index contributed by atoms with van der Waals surface area (Å²) in [6, 6.07) is 16.2. The van der Waals surface area contributed by atoms with Gasteiger partial charge in [0.05, 0.1) is 16.5 Å². The number of amides is 1. The maximum absolute atomic E-state index is 13.1. The fourth-order valence-electron chi connectivity index (χ4n) is 3.49. The van der Waals surface area contributed by atoms with Gasteiger partial charge < -0.3 is 4.90 Å². The molecule has 1 aromatic heterocycles. The molecule has 0 radical (unpaired) electrons. The minimum absolute atomic E-state index is 0.0266. The second-order valence-corrected chi connectivity index (χ2v) is 9.82. The molecule has 0 aliphatic carbocycles. The van der Waals surface area contributed by atoms with Crippen LogP contribution in [0.4, 0.5) is 0 Å². The largest absolute Gasteiger partial charge is 0.333 e. The van der Waals surface area contributed by atoms with Gasteiger partial charge in [-0.25, -0.2) is 8.42 Å². The molecule has 1 unspecified atom stereocenters. The fourth-order valence-corrected chi connectivity index (χ4v) is 5.45. The standard InChI is InChI=1S/C20H20ClN5O3S/c21-18-9-5-4-8-17(18)20-22-24-26(23-20)13-19(27)25(12-15-6-2-1-3-7-15)16-10-11-30(28,29)14-16/h1-9,16H,10-14H2. The van der Waals surface area contributed by atoms with Crippen molar-refractivity contribution in [3.63, 3.8) is 0 Å². The molecule has 0 saturated carbocycles. The fraction of sp³-hybridized carbons (Fsp3) is 0.300. The predicted octanol–water partition coefficient (Wildman–Crippen LogP) is 2.21. The zero-order chi connectivity index (χ0) is 21.1. The number of hydrogen-bond acceptors (Lipinski definition) is 6. The molecule has 2 aromatic carbocycles. The lowest BCUT2D eigenvalue weighted by atomic mass is 10.1. The third-order valence-corrected chi connectivity index (χ3v) is 7.09. The number of benzene rings is 2. The van der Waals surface area contributed by atoms with Crippen molar-refractivity contribution >= 4 is 27.3 Å². The molecule has 1 amide bonds. The topological polar surface area (TPSA) is 98.1 Å². The van der Waals surface area contributed by atoms with Crippen LogP contribution in [0, 0.1) is 0 Å². The Labute approximate surface area is 179 Å². The number of sulfone groups is 1. The average Bonchev–Trinajstić information content (AvgIpc) is 3.33. The van der Waals surface area contributed by atoms with Crippen LogP contribution < -0.4 is 0 Å². The highest BCUT2D eigenvalue weighted by Crippen LogP contribution is 2.24. The van der Waals surface area contributed by atoms with E-state index in [1.807, 2.05) is 36.4 Å². The van der Waals surface area contributed by atoms with Crippen LogP contribution in [-0.4, -0.2) is 57.0 Å². The quantitative estimate of drug-likeness (QED) is 0.577. The van der Waals surface area contributed by atoms with Crippen LogP contribution in [0.25, 0.3) is 11.4 Å². The van der Waals surface area contributed by atoms with Crippen LogP contribution in [0.3, 0.4) is 0 Å². The van der Waals surface area contributed by atoms with Crippen molar-refractivity contribution in [2.24, 2.45) is 0 Å². The summed E-state index contributed by atoms with van der Waals surface area (Å²) in [5.74, 6) is 0.130. The Morgan fingerprint density at radius 2 is 1.87 bits per heavy atom. The van der Waals surface area contributed by atoms with E-state index in [1.165, 1.54) is 4.80 Å². The maximum atomic E-state index is 13.1. The second-order valence-electron chi connectivity index (χ2n) is 7.19. The summed E-state index contributed by atoms with van der Waals surface area (Å²) in [6.45, 7) is 0.187. The molecule has 0 spiro atoms. The van der Waals surface area contributed by atoms with Crippen molar-refractivity contribution in [2.75, 3.05) is 11.5 Å². The van der Waals surface area contributed by atoms with Gasteiger partial charge >= 0.3 is 0 Å². The Morgan fingerprint density at radius 1 is 1.13 bits per heavy atom. The van der Waals surface area contributed by atoms with Gasteiger partial charge in [-0.2, -0.15) is 4.80 Å². The molecule has 1 aliphatic rings. The van der Waals surface area contributed by atoms with Crippen molar-refractivity contribution in [3.05, 3.63) is 65.2 Å². The van der Waals surface area contributed by atoms with Gasteiger partial charge in [0.1, 0.15) is 6.54 Å². The third kappa shape index (κ3) is 4.68. The number of halogens is 1. The zero-order valence-corrected chi connectivity index (χ0v) is 17.6. The number of aromatic nitrogens is 4. The Bertz CT molecular complexity index is 1150. The van der Waals surface area contributed by atoms with E-state index in [2.05, 4.69) is 15.4 Å². The number of carbonyl (C=O) groups is 1. The first-order valence-corrected chi connectivity index (χ1v) is 11.7. The van der Waals surface area contributed by atoms with Crippen molar-refractivity contribution in [1.82, 2.24) is 25.1 Å². The highest BCUT2D eigenvalue weighted by molar-refractivity contribution is 7.91. The van der Waals surface area contributed by atoms with Crippen molar-refractivity contribution < 1.29 is 13.2 Å². The molecular formula is C20H20ClN5O3S. The Morgan fingerprint density at radius 3 is 2.57 bits per heavy atom. The van der Waals surface area contributed by atoms with Crippen molar-refractivity contribution in [1.29, 1.82) is 0 Å². The van der Waals surface area contributed by atoms with Gasteiger partial charge in [-0.15, -0.1) is 10.2 Å². The predicted molar refractivity (Wildman–Crippen MR) is 112 cm³/mol. The first kappa shape index (κ1) is 20.5. The number of carbonyl (C=O) groups excluding carboxylic acids is 1. The van der Waals surface area contributed by atoms with Gasteiger partial charge in [0.15, 0.2) is 9.84 Å². The van der Waals surface area contributed by atoms with E-state index in [0.29, 0.717) is 29.4 Å². The van der Waals surface area contributed by atoms with Crippen molar-refractivity contribution in [2.45, 2.75) is 25.6 Å². The lowest BCUT2D eigenvalue weighted by Crippen LogP contribution is -2.42. The zero-order valence-electron chi connectivity index (χ0n) is 16.1. The smallest absolute Gasteiger partial charge is 0.246 e. The molecular weight excluding hydrogens is 426 g/mol. The lowest BCUT2D eigenvalue weighted by Gasteiger charge is -2.28. The summed E-state index contributed by atoms with van der Waals surface area (Å²) in [4.78, 5) is 15.9. The van der Waals surface area contributed by atoms with Crippen LogP contribution in [-0.2, 0) is 27.7 Å². The summed E-state index contributed by atoms with van der Waals surface area (Å²) in [5, 5.41) is 12.7. The summed E-state index contributed by atoms with van der Waals surface area (Å²) < 4.78 is 24.0. The summed E-state index contributed by atoms with van der Waals surface area (Å²) in [5.41, 5.74) is 1.55. The highest BCUT2D eigenvalue weighted by Gasteiger charge is 2.35. The van der Waals surface area contributed by atoms with Gasteiger partial charge in [-0.3, -0.25) is 4.79 Å². The molecule has 2 heterocycles. The molecule has 1 aliphatic heterocycles. The minimum atomic E-state index is -3.13. The molecule has 0 bridgehead atoms. The molecule has 30 heavy (non-hydrogen) atoms. The van der Waals surface area contributed by atoms with E-state index in [-0.39, 0.29) is 30.0 Å². The molecule has 3 aromatic rings. The first-order valence-electron chi connectivity index (χ1n) is 9.48. The van der Waals surface area contributed by atoms with Gasteiger partial charge in [0.2, 0.25) is 11.7 Å². The number of tetrazole rings is 1. The summed E-state index contributed by atoms with van der Waals surface area (Å²) in [6.07, 6.45) is 0.427. The van der Waals surface area contributed by atoms with Crippen LogP contribution in [0.5, 0.6) is 0 Å².